The van der Waals surface area contributed by atoms with Crippen LogP contribution in [0.5, 0.6) is 0 Å². The molecule has 0 saturated carbocycles. The van der Waals surface area contributed by atoms with Gasteiger partial charge in [-0.15, -0.1) is 0 Å². The van der Waals surface area contributed by atoms with E-state index in [2.05, 4.69) is 24.1 Å². The van der Waals surface area contributed by atoms with E-state index >= 15 is 0 Å². The molecule has 6 nitrogen and oxygen atoms in total. The lowest BCUT2D eigenvalue weighted by Crippen LogP contribution is -2.55. The standard InChI is InChI=1S/C14H23N3O3/c1-14(2,17-5-7-19-8-6-17)10-16-13(18)12-4-3-11(9-15)20-12/h3-4H,5-10,15H2,1-2H3,(H,16,18). The molecule has 1 fully saturated rings. The minimum atomic E-state index is -0.203. The van der Waals surface area contributed by atoms with E-state index in [0.29, 0.717) is 24.6 Å². The second kappa shape index (κ2) is 6.39. The molecule has 0 aromatic carbocycles. The maximum atomic E-state index is 12.0. The molecule has 1 amide bonds. The van der Waals surface area contributed by atoms with Crippen molar-refractivity contribution in [1.29, 1.82) is 0 Å². The number of rotatable bonds is 5. The molecule has 0 bridgehead atoms. The lowest BCUT2D eigenvalue weighted by Gasteiger charge is -2.40. The fourth-order valence-corrected chi connectivity index (χ4v) is 2.27. The van der Waals surface area contributed by atoms with Gasteiger partial charge in [-0.3, -0.25) is 9.69 Å². The highest BCUT2D eigenvalue weighted by Crippen LogP contribution is 2.15. The number of nitrogens with zero attached hydrogens (tertiary/aromatic N) is 1. The van der Waals surface area contributed by atoms with Gasteiger partial charge in [-0.1, -0.05) is 0 Å². The predicted octanol–water partition coefficient (Wildman–Crippen LogP) is 0.579. The summed E-state index contributed by atoms with van der Waals surface area (Å²) in [4.78, 5) is 14.3. The maximum Gasteiger partial charge on any atom is 0.287 e. The maximum absolute atomic E-state index is 12.0. The minimum Gasteiger partial charge on any atom is -0.455 e. The van der Waals surface area contributed by atoms with Crippen LogP contribution in [0.4, 0.5) is 0 Å². The van der Waals surface area contributed by atoms with E-state index in [4.69, 9.17) is 14.9 Å². The van der Waals surface area contributed by atoms with E-state index in [1.54, 1.807) is 12.1 Å². The fraction of sp³-hybridized carbons (Fsp3) is 0.643. The topological polar surface area (TPSA) is 80.7 Å². The molecule has 2 rings (SSSR count). The van der Waals surface area contributed by atoms with Crippen LogP contribution >= 0.6 is 0 Å². The Kier molecular flexibility index (Phi) is 4.80. The quantitative estimate of drug-likeness (QED) is 0.825. The number of hydrogen-bond acceptors (Lipinski definition) is 5. The van der Waals surface area contributed by atoms with Gasteiger partial charge in [0.2, 0.25) is 0 Å². The first kappa shape index (κ1) is 15.0. The molecule has 1 aromatic rings. The molecule has 0 unspecified atom stereocenters. The van der Waals surface area contributed by atoms with Gasteiger partial charge in [0.1, 0.15) is 5.76 Å². The monoisotopic (exact) mass is 281 g/mol. The van der Waals surface area contributed by atoms with Crippen molar-refractivity contribution in [2.24, 2.45) is 5.73 Å². The summed E-state index contributed by atoms with van der Waals surface area (Å²) in [6, 6.07) is 3.38. The number of ether oxygens (including phenoxy) is 1. The smallest absolute Gasteiger partial charge is 0.287 e. The van der Waals surface area contributed by atoms with Crippen molar-refractivity contribution in [3.63, 3.8) is 0 Å². The van der Waals surface area contributed by atoms with Crippen molar-refractivity contribution < 1.29 is 13.9 Å². The Balaban J connectivity index is 1.88. The number of morpholine rings is 1. The van der Waals surface area contributed by atoms with Gasteiger partial charge in [0.15, 0.2) is 5.76 Å². The highest BCUT2D eigenvalue weighted by molar-refractivity contribution is 5.91. The molecule has 1 saturated heterocycles. The highest BCUT2D eigenvalue weighted by Gasteiger charge is 2.29. The summed E-state index contributed by atoms with van der Waals surface area (Å²) in [5, 5.41) is 2.92. The van der Waals surface area contributed by atoms with E-state index in [9.17, 15) is 4.79 Å². The molecule has 3 N–H and O–H groups in total. The lowest BCUT2D eigenvalue weighted by atomic mass is 10.0. The van der Waals surface area contributed by atoms with Crippen LogP contribution in [0.2, 0.25) is 0 Å². The first-order valence-electron chi connectivity index (χ1n) is 6.93. The van der Waals surface area contributed by atoms with Crippen LogP contribution in [0, 0.1) is 0 Å². The second-order valence-corrected chi connectivity index (χ2v) is 5.56. The van der Waals surface area contributed by atoms with E-state index < -0.39 is 0 Å². The Morgan fingerprint density at radius 2 is 2.10 bits per heavy atom. The third kappa shape index (κ3) is 3.59. The number of nitrogens with two attached hydrogens (primary N) is 1. The van der Waals surface area contributed by atoms with Gasteiger partial charge in [-0.05, 0) is 26.0 Å². The molecule has 1 aromatic heterocycles. The van der Waals surface area contributed by atoms with Crippen LogP contribution in [0.25, 0.3) is 0 Å². The van der Waals surface area contributed by atoms with Crippen molar-refractivity contribution >= 4 is 5.91 Å². The van der Waals surface area contributed by atoms with Crippen LogP contribution in [0.1, 0.15) is 30.2 Å². The molecule has 0 aliphatic carbocycles. The first-order chi connectivity index (χ1) is 9.53. The zero-order valence-electron chi connectivity index (χ0n) is 12.1. The largest absolute Gasteiger partial charge is 0.455 e. The Hall–Kier alpha value is -1.37. The summed E-state index contributed by atoms with van der Waals surface area (Å²) in [6.45, 7) is 8.36. The van der Waals surface area contributed by atoms with E-state index in [0.717, 1.165) is 26.3 Å². The number of furan rings is 1. The summed E-state index contributed by atoms with van der Waals surface area (Å²) in [6.07, 6.45) is 0. The number of carbonyl (C=O) groups is 1. The molecule has 1 aliphatic rings. The number of amides is 1. The highest BCUT2D eigenvalue weighted by atomic mass is 16.5. The summed E-state index contributed by atoms with van der Waals surface area (Å²) in [7, 11) is 0. The molecule has 0 atom stereocenters. The zero-order valence-corrected chi connectivity index (χ0v) is 12.1. The van der Waals surface area contributed by atoms with Gasteiger partial charge in [0, 0.05) is 25.2 Å². The van der Waals surface area contributed by atoms with Crippen LogP contribution in [0.15, 0.2) is 16.5 Å². The molecule has 112 valence electrons. The molecule has 1 aliphatic heterocycles. The van der Waals surface area contributed by atoms with Crippen molar-refractivity contribution in [3.05, 3.63) is 23.7 Å². The Morgan fingerprint density at radius 3 is 2.70 bits per heavy atom. The molecule has 0 spiro atoms. The Morgan fingerprint density at radius 1 is 1.40 bits per heavy atom. The fourth-order valence-electron chi connectivity index (χ4n) is 2.27. The SMILES string of the molecule is CC(C)(CNC(=O)c1ccc(CN)o1)N1CCOCC1. The van der Waals surface area contributed by atoms with Gasteiger partial charge in [0.05, 0.1) is 19.8 Å². The van der Waals surface area contributed by atoms with Gasteiger partial charge in [-0.2, -0.15) is 0 Å². The number of hydrogen-bond donors (Lipinski definition) is 2. The van der Waals surface area contributed by atoms with E-state index in [1.807, 2.05) is 0 Å². The average molecular weight is 281 g/mol. The van der Waals surface area contributed by atoms with Gasteiger partial charge in [0.25, 0.3) is 5.91 Å². The molecular weight excluding hydrogens is 258 g/mol. The molecule has 6 heteroatoms. The Labute approximate surface area is 119 Å². The van der Waals surface area contributed by atoms with Crippen molar-refractivity contribution in [2.75, 3.05) is 32.8 Å². The normalized spacial score (nSPS) is 17.1. The average Bonchev–Trinajstić information content (AvgIpc) is 2.95. The predicted molar refractivity (Wildman–Crippen MR) is 75.4 cm³/mol. The van der Waals surface area contributed by atoms with Gasteiger partial charge >= 0.3 is 0 Å². The van der Waals surface area contributed by atoms with Gasteiger partial charge in [-0.25, -0.2) is 0 Å². The molecule has 2 heterocycles. The molecule has 20 heavy (non-hydrogen) atoms. The number of nitrogens with one attached hydrogen (secondary N) is 1. The van der Waals surface area contributed by atoms with Crippen LogP contribution in [-0.4, -0.2) is 49.2 Å². The summed E-state index contributed by atoms with van der Waals surface area (Å²) < 4.78 is 10.7. The van der Waals surface area contributed by atoms with Crippen molar-refractivity contribution in [2.45, 2.75) is 25.9 Å². The summed E-state index contributed by atoms with van der Waals surface area (Å²) in [5.74, 6) is 0.719. The third-order valence-electron chi connectivity index (χ3n) is 3.64. The Bertz CT molecular complexity index is 450. The third-order valence-corrected chi connectivity index (χ3v) is 3.64. The van der Waals surface area contributed by atoms with Crippen molar-refractivity contribution in [1.82, 2.24) is 10.2 Å². The minimum absolute atomic E-state index is 0.108. The van der Waals surface area contributed by atoms with Crippen LogP contribution in [0.3, 0.4) is 0 Å². The van der Waals surface area contributed by atoms with Crippen LogP contribution in [-0.2, 0) is 11.3 Å². The number of carbonyl (C=O) groups excluding carboxylic acids is 1. The first-order valence-corrected chi connectivity index (χ1v) is 6.93. The second-order valence-electron chi connectivity index (χ2n) is 5.56. The van der Waals surface area contributed by atoms with Gasteiger partial charge < -0.3 is 20.2 Å². The lowest BCUT2D eigenvalue weighted by molar-refractivity contribution is -0.00930. The van der Waals surface area contributed by atoms with E-state index in [-0.39, 0.29) is 11.4 Å². The zero-order chi connectivity index (χ0) is 14.6. The van der Waals surface area contributed by atoms with Crippen LogP contribution < -0.4 is 11.1 Å². The summed E-state index contributed by atoms with van der Waals surface area (Å²) >= 11 is 0. The van der Waals surface area contributed by atoms with E-state index in [1.165, 1.54) is 0 Å². The molecular formula is C14H23N3O3. The molecule has 0 radical (unpaired) electrons. The summed E-state index contributed by atoms with van der Waals surface area (Å²) in [5.41, 5.74) is 5.35. The van der Waals surface area contributed by atoms with Crippen molar-refractivity contribution in [3.8, 4) is 0 Å².